The molecule has 0 aromatic rings. The van der Waals surface area contributed by atoms with Crippen molar-refractivity contribution in [3.63, 3.8) is 0 Å². The van der Waals surface area contributed by atoms with Crippen molar-refractivity contribution in [3.05, 3.63) is 0 Å². The Morgan fingerprint density at radius 3 is 0.615 bits per heavy atom. The highest BCUT2D eigenvalue weighted by molar-refractivity contribution is 7.99. The van der Waals surface area contributed by atoms with Crippen molar-refractivity contribution in [3.8, 4) is 0 Å². The predicted octanol–water partition coefficient (Wildman–Crippen LogP) is 18.0. The number of amides is 2. The first-order chi connectivity index (χ1) is 23.3. The van der Waals surface area contributed by atoms with E-state index in [1.165, 1.54) is 11.5 Å². The van der Waals surface area contributed by atoms with Gasteiger partial charge in [-0.05, 0) is 66.1 Å². The molecule has 0 heterocycles. The van der Waals surface area contributed by atoms with Crippen LogP contribution in [-0.2, 0) is 38.2 Å². The van der Waals surface area contributed by atoms with Crippen molar-refractivity contribution >= 4 is 41.3 Å². The lowest BCUT2D eigenvalue weighted by Gasteiger charge is -1.93. The monoisotopic (exact) mass is 986 g/mol. The van der Waals surface area contributed by atoms with Crippen LogP contribution in [0.4, 0.5) is 0 Å². The SMILES string of the molecule is C.C.C.C.C.C.C.C.C.C.C.C.C.C.C.C.CCC(=O)CC.CCNC(=O)CC.CCNC(=O)CC.CCNCC.CCOC(=O)CC.CCOC(=O)CC.CCOCC.CCSCC. The maximum atomic E-state index is 10.3. The van der Waals surface area contributed by atoms with Crippen LogP contribution in [0, 0.1) is 0 Å². The molecule has 0 unspecified atom stereocenters. The third-order valence-corrected chi connectivity index (χ3v) is 5.50. The fourth-order valence-electron chi connectivity index (χ4n) is 2.08. The van der Waals surface area contributed by atoms with Crippen LogP contribution in [0.3, 0.4) is 0 Å². The molecule has 0 rings (SSSR count). The molecule has 0 aliphatic heterocycles. The van der Waals surface area contributed by atoms with Gasteiger partial charge in [-0.3, -0.25) is 24.0 Å². The van der Waals surface area contributed by atoms with Crippen molar-refractivity contribution in [1.29, 1.82) is 0 Å². The number of nitrogens with one attached hydrogen (secondary N) is 3. The molecular weight excluding hydrogens is 839 g/mol. The summed E-state index contributed by atoms with van der Waals surface area (Å²) in [6.07, 6.45) is 3.52. The molecule has 0 radical (unpaired) electrons. The average Bonchev–Trinajstić information content (AvgIpc) is 3.11. The molecule has 0 aromatic heterocycles. The number of thioether (sulfide) groups is 1. The molecular formula is C53H147N3O8S. The molecule has 0 saturated carbocycles. The fraction of sp³-hybridized carbons (Fsp3) is 0.906. The van der Waals surface area contributed by atoms with Crippen LogP contribution < -0.4 is 16.0 Å². The van der Waals surface area contributed by atoms with E-state index >= 15 is 0 Å². The van der Waals surface area contributed by atoms with E-state index in [9.17, 15) is 24.0 Å². The second kappa shape index (κ2) is 178. The van der Waals surface area contributed by atoms with E-state index in [0.717, 1.165) is 39.4 Å². The number of ketones is 1. The van der Waals surface area contributed by atoms with Gasteiger partial charge in [0.25, 0.3) is 0 Å². The van der Waals surface area contributed by atoms with E-state index in [-0.39, 0.29) is 143 Å². The average molecular weight is 987 g/mol. The van der Waals surface area contributed by atoms with Crippen LogP contribution in [-0.4, -0.2) is 93.6 Å². The molecule has 3 N–H and O–H groups in total. The highest BCUT2D eigenvalue weighted by atomic mass is 32.2. The molecule has 0 aliphatic carbocycles. The lowest BCUT2D eigenvalue weighted by Crippen LogP contribution is -2.20. The number of rotatable bonds is 16. The van der Waals surface area contributed by atoms with E-state index in [4.69, 9.17) is 4.74 Å². The van der Waals surface area contributed by atoms with Gasteiger partial charge < -0.3 is 30.2 Å². The Hall–Kier alpha value is -2.18. The maximum Gasteiger partial charge on any atom is 0.305 e. The normalized spacial score (nSPS) is 6.28. The molecule has 11 nitrogen and oxygen atoms in total. The maximum absolute atomic E-state index is 10.3. The first-order valence-corrected chi connectivity index (χ1v) is 19.7. The first kappa shape index (κ1) is 159. The van der Waals surface area contributed by atoms with Gasteiger partial charge in [0.2, 0.25) is 11.8 Å². The molecule has 428 valence electrons. The van der Waals surface area contributed by atoms with Crippen LogP contribution in [0.2, 0.25) is 0 Å². The Bertz CT molecular complexity index is 548. The summed E-state index contributed by atoms with van der Waals surface area (Å²) in [4.78, 5) is 51.2. The summed E-state index contributed by atoms with van der Waals surface area (Å²) in [5.41, 5.74) is 0. The van der Waals surface area contributed by atoms with Gasteiger partial charge in [-0.25, -0.2) is 0 Å². The molecule has 0 spiro atoms. The zero-order valence-corrected chi connectivity index (χ0v) is 35.8. The van der Waals surface area contributed by atoms with Crippen molar-refractivity contribution in [1.82, 2.24) is 16.0 Å². The summed E-state index contributed by atoms with van der Waals surface area (Å²) < 4.78 is 13.9. The molecule has 0 bridgehead atoms. The summed E-state index contributed by atoms with van der Waals surface area (Å²) >= 11 is 1.96. The van der Waals surface area contributed by atoms with Gasteiger partial charge in [0, 0.05) is 64.8 Å². The summed E-state index contributed by atoms with van der Waals surface area (Å²) in [6.45, 7) is 37.3. The third kappa shape index (κ3) is 286. The Morgan fingerprint density at radius 2 is 0.585 bits per heavy atom. The molecule has 0 aliphatic rings. The zero-order valence-electron chi connectivity index (χ0n) is 35.0. The van der Waals surface area contributed by atoms with E-state index in [2.05, 4.69) is 53.1 Å². The van der Waals surface area contributed by atoms with Gasteiger partial charge in [-0.1, -0.05) is 188 Å². The standard InChI is InChI=1S/2C5H11NO.2C5H10O2.C5H10O.C4H11N.C4H10O.C4H10S.16CH4/c2*1-3-5(7)6-4-2;2*1-3-5(6)7-4-2;1-3-5(6)4-2;3*1-3-5-4-2;;;;;;;;;;;;;;;;/h2*3-4H2,1-2H3,(H,6,7);2*3-4H2,1-2H3;3-4H2,1-2H3;5H,3-4H2,1-2H3;2*3-4H2,1-2H3;16*1H4. The molecule has 0 fully saturated rings. The highest BCUT2D eigenvalue weighted by Crippen LogP contribution is 1.93. The van der Waals surface area contributed by atoms with Crippen molar-refractivity contribution in [2.75, 3.05) is 64.1 Å². The molecule has 12 heteroatoms. The van der Waals surface area contributed by atoms with Crippen LogP contribution in [0.15, 0.2) is 0 Å². The second-order valence-corrected chi connectivity index (χ2v) is 10.3. The van der Waals surface area contributed by atoms with Crippen molar-refractivity contribution in [2.45, 2.75) is 268 Å². The molecule has 65 heavy (non-hydrogen) atoms. The Balaban J connectivity index is -0.0000000130. The van der Waals surface area contributed by atoms with Crippen LogP contribution >= 0.6 is 11.8 Å². The zero-order chi connectivity index (χ0) is 40.2. The predicted molar refractivity (Wildman–Crippen MR) is 320 cm³/mol. The quantitative estimate of drug-likeness (QED) is 0.128. The van der Waals surface area contributed by atoms with Crippen LogP contribution in [0.1, 0.15) is 268 Å². The van der Waals surface area contributed by atoms with Gasteiger partial charge in [-0.2, -0.15) is 11.8 Å². The topological polar surface area (TPSA) is 149 Å². The van der Waals surface area contributed by atoms with E-state index < -0.39 is 0 Å². The highest BCUT2D eigenvalue weighted by Gasteiger charge is 1.92. The van der Waals surface area contributed by atoms with Gasteiger partial charge in [0.15, 0.2) is 0 Å². The number of carbonyl (C=O) groups excluding carboxylic acids is 5. The van der Waals surface area contributed by atoms with Gasteiger partial charge in [0.05, 0.1) is 13.2 Å². The second-order valence-electron chi connectivity index (χ2n) is 8.70. The third-order valence-electron chi connectivity index (χ3n) is 4.68. The Labute approximate surface area is 426 Å². The van der Waals surface area contributed by atoms with E-state index in [1.807, 2.05) is 67.2 Å². The first-order valence-electron chi connectivity index (χ1n) is 18.5. The molecule has 2 amide bonds. The smallest absolute Gasteiger partial charge is 0.305 e. The summed E-state index contributed by atoms with van der Waals surface area (Å²) in [6, 6.07) is 0. The molecule has 0 aromatic carbocycles. The van der Waals surface area contributed by atoms with Gasteiger partial charge >= 0.3 is 11.9 Å². The lowest BCUT2D eigenvalue weighted by molar-refractivity contribution is -0.143. The largest absolute Gasteiger partial charge is 0.466 e. The number of hydrogen-bond donors (Lipinski definition) is 3. The number of esters is 2. The van der Waals surface area contributed by atoms with Crippen LogP contribution in [0.5, 0.6) is 0 Å². The number of hydrogen-bond acceptors (Lipinski definition) is 10. The number of Topliss-reactive ketones (excluding diaryl/α,β-unsaturated/α-hetero) is 1. The number of carbonyl (C=O) groups is 5. The minimum Gasteiger partial charge on any atom is -0.466 e. The summed E-state index contributed by atoms with van der Waals surface area (Å²) in [7, 11) is 0. The summed E-state index contributed by atoms with van der Waals surface area (Å²) in [5.74, 6) is 2.87. The molecule has 0 saturated heterocycles. The number of ether oxygens (including phenoxy) is 3. The van der Waals surface area contributed by atoms with E-state index in [0.29, 0.717) is 57.5 Å². The van der Waals surface area contributed by atoms with Gasteiger partial charge in [0.1, 0.15) is 5.78 Å². The fourth-order valence-corrected chi connectivity index (χ4v) is 2.49. The summed E-state index contributed by atoms with van der Waals surface area (Å²) in [5, 5.41) is 8.42. The van der Waals surface area contributed by atoms with Crippen molar-refractivity contribution < 1.29 is 38.2 Å². The molecule has 0 atom stereocenters. The van der Waals surface area contributed by atoms with E-state index in [1.54, 1.807) is 27.7 Å². The minimum absolute atomic E-state index is 0. The minimum atomic E-state index is -0.123. The van der Waals surface area contributed by atoms with Crippen molar-refractivity contribution in [2.24, 2.45) is 0 Å². The Morgan fingerprint density at radius 1 is 0.338 bits per heavy atom. The Kier molecular flexibility index (Phi) is 437. The lowest BCUT2D eigenvalue weighted by atomic mass is 10.3. The van der Waals surface area contributed by atoms with Gasteiger partial charge in [-0.15, -0.1) is 0 Å². The van der Waals surface area contributed by atoms with Crippen LogP contribution in [0.25, 0.3) is 0 Å².